The molecule has 0 aliphatic carbocycles. The molecule has 158 valence electrons. The second-order valence-corrected chi connectivity index (χ2v) is 9.66. The zero-order chi connectivity index (χ0) is 21.2. The highest BCUT2D eigenvalue weighted by molar-refractivity contribution is 7.88. The monoisotopic (exact) mass is 441 g/mol. The summed E-state index contributed by atoms with van der Waals surface area (Å²) < 4.78 is 37.7. The van der Waals surface area contributed by atoms with Crippen molar-refractivity contribution >= 4 is 43.5 Å². The number of carbonyl (C=O) groups is 2. The van der Waals surface area contributed by atoms with E-state index in [1.54, 1.807) is 29.9 Å². The number of amides is 1. The number of hydrogen-bond donors (Lipinski definition) is 0. The van der Waals surface area contributed by atoms with Gasteiger partial charge in [0, 0.05) is 6.54 Å². The van der Waals surface area contributed by atoms with Crippen LogP contribution >= 0.6 is 11.3 Å². The van der Waals surface area contributed by atoms with Crippen LogP contribution in [0.5, 0.6) is 5.75 Å². The van der Waals surface area contributed by atoms with E-state index in [1.807, 2.05) is 0 Å². The number of piperidine rings is 1. The van der Waals surface area contributed by atoms with E-state index in [1.165, 1.54) is 22.8 Å². The number of aromatic nitrogens is 1. The number of methoxy groups -OCH3 is 2. The highest BCUT2D eigenvalue weighted by Crippen LogP contribution is 2.24. The molecule has 2 aromatic rings. The number of rotatable bonds is 5. The summed E-state index contributed by atoms with van der Waals surface area (Å²) in [7, 11) is -0.684. The van der Waals surface area contributed by atoms with Crippen LogP contribution in [-0.4, -0.2) is 62.2 Å². The fraction of sp³-hybridized carbons (Fsp3) is 0.500. The summed E-state index contributed by atoms with van der Waals surface area (Å²) in [6.45, 7) is 0.186. The molecule has 1 aromatic carbocycles. The fourth-order valence-corrected chi connectivity index (χ4v) is 5.51. The maximum atomic E-state index is 12.9. The Kier molecular flexibility index (Phi) is 6.39. The van der Waals surface area contributed by atoms with Gasteiger partial charge in [0.25, 0.3) is 5.91 Å². The molecule has 1 aliphatic rings. The van der Waals surface area contributed by atoms with Gasteiger partial charge in [-0.3, -0.25) is 9.59 Å². The van der Waals surface area contributed by atoms with Gasteiger partial charge >= 0.3 is 5.97 Å². The molecule has 0 bridgehead atoms. The Bertz CT molecular complexity index is 1100. The smallest absolute Gasteiger partial charge is 0.325 e. The van der Waals surface area contributed by atoms with Gasteiger partial charge in [0.15, 0.2) is 4.80 Å². The van der Waals surface area contributed by atoms with Crippen LogP contribution < -0.4 is 9.54 Å². The molecule has 0 spiro atoms. The van der Waals surface area contributed by atoms with Crippen molar-refractivity contribution in [3.63, 3.8) is 0 Å². The molecule has 1 fully saturated rings. The van der Waals surface area contributed by atoms with Crippen LogP contribution in [0.3, 0.4) is 0 Å². The Balaban J connectivity index is 2.08. The van der Waals surface area contributed by atoms with Crippen molar-refractivity contribution in [1.82, 2.24) is 8.87 Å². The van der Waals surface area contributed by atoms with E-state index in [0.29, 0.717) is 35.5 Å². The Morgan fingerprint density at radius 2 is 2.03 bits per heavy atom. The second kappa shape index (κ2) is 8.64. The van der Waals surface area contributed by atoms with E-state index >= 15 is 0 Å². The summed E-state index contributed by atoms with van der Waals surface area (Å²) in [5.74, 6) is -0.380. The lowest BCUT2D eigenvalue weighted by atomic mass is 10.0. The molecule has 1 aliphatic heterocycles. The normalized spacial score (nSPS) is 18.7. The minimum atomic E-state index is -3.52. The molecule has 1 amide bonds. The quantitative estimate of drug-likeness (QED) is 0.644. The van der Waals surface area contributed by atoms with Gasteiger partial charge in [-0.15, -0.1) is 0 Å². The average Bonchev–Trinajstić information content (AvgIpc) is 3.03. The van der Waals surface area contributed by atoms with Gasteiger partial charge in [-0.25, -0.2) is 8.42 Å². The summed E-state index contributed by atoms with van der Waals surface area (Å²) in [5, 5.41) is 0. The zero-order valence-corrected chi connectivity index (χ0v) is 18.1. The highest BCUT2D eigenvalue weighted by Gasteiger charge is 2.34. The van der Waals surface area contributed by atoms with Gasteiger partial charge in [0.1, 0.15) is 18.3 Å². The number of fused-ring (bicyclic) bond motifs is 1. The molecule has 2 heterocycles. The summed E-state index contributed by atoms with van der Waals surface area (Å²) in [5.41, 5.74) is 0.705. The maximum absolute atomic E-state index is 12.9. The topological polar surface area (TPSA) is 107 Å². The molecule has 1 atom stereocenters. The van der Waals surface area contributed by atoms with E-state index in [4.69, 9.17) is 9.47 Å². The molecular formula is C18H23N3O6S2. The van der Waals surface area contributed by atoms with Crippen LogP contribution in [0.1, 0.15) is 19.3 Å². The molecule has 0 radical (unpaired) electrons. The standard InChI is InChI=1S/C18H23N3O6S2/c1-26-12-7-8-13-15(10-12)28-18(20(13)11-16(22)27-2)19-17(23)14-6-4-5-9-21(14)29(3,24)25/h7-8,10,14H,4-6,9,11H2,1-3H3. The minimum absolute atomic E-state index is 0.116. The van der Waals surface area contributed by atoms with Crippen LogP contribution in [0.15, 0.2) is 23.2 Å². The van der Waals surface area contributed by atoms with Gasteiger partial charge in [0.05, 0.1) is 30.7 Å². The van der Waals surface area contributed by atoms with Gasteiger partial charge < -0.3 is 14.0 Å². The molecule has 1 saturated heterocycles. The predicted octanol–water partition coefficient (Wildman–Crippen LogP) is 1.13. The number of benzene rings is 1. The first kappa shape index (κ1) is 21.5. The minimum Gasteiger partial charge on any atom is -0.497 e. The summed E-state index contributed by atoms with van der Waals surface area (Å²) in [6, 6.07) is 4.49. The van der Waals surface area contributed by atoms with Gasteiger partial charge in [-0.1, -0.05) is 17.8 Å². The van der Waals surface area contributed by atoms with Crippen molar-refractivity contribution in [3.05, 3.63) is 23.0 Å². The Hall–Kier alpha value is -2.24. The van der Waals surface area contributed by atoms with Gasteiger partial charge in [-0.05, 0) is 31.0 Å². The van der Waals surface area contributed by atoms with Crippen molar-refractivity contribution in [3.8, 4) is 5.75 Å². The van der Waals surface area contributed by atoms with Crippen LogP contribution in [0.4, 0.5) is 0 Å². The molecular weight excluding hydrogens is 418 g/mol. The molecule has 1 unspecified atom stereocenters. The maximum Gasteiger partial charge on any atom is 0.325 e. The summed E-state index contributed by atoms with van der Waals surface area (Å²) in [4.78, 5) is 29.3. The predicted molar refractivity (Wildman–Crippen MR) is 108 cm³/mol. The molecule has 3 rings (SSSR count). The number of ether oxygens (including phenoxy) is 2. The molecule has 9 nitrogen and oxygen atoms in total. The summed E-state index contributed by atoms with van der Waals surface area (Å²) >= 11 is 1.23. The summed E-state index contributed by atoms with van der Waals surface area (Å²) in [6.07, 6.45) is 2.98. The van der Waals surface area contributed by atoms with Gasteiger partial charge in [-0.2, -0.15) is 9.30 Å². The first-order valence-corrected chi connectivity index (χ1v) is 11.7. The van der Waals surface area contributed by atoms with Crippen molar-refractivity contribution in [1.29, 1.82) is 0 Å². The number of nitrogens with zero attached hydrogens (tertiary/aromatic N) is 3. The Labute approximate surface area is 172 Å². The Morgan fingerprint density at radius 1 is 1.28 bits per heavy atom. The molecule has 1 aromatic heterocycles. The SMILES string of the molecule is COC(=O)Cn1c(=NC(=O)C2CCCCN2S(C)(=O)=O)sc2cc(OC)ccc21. The second-order valence-electron chi connectivity index (χ2n) is 6.72. The van der Waals surface area contributed by atoms with Gasteiger partial charge in [0.2, 0.25) is 10.0 Å². The van der Waals surface area contributed by atoms with E-state index < -0.39 is 27.9 Å². The van der Waals surface area contributed by atoms with Crippen molar-refractivity contribution in [2.45, 2.75) is 31.8 Å². The molecule has 0 saturated carbocycles. The lowest BCUT2D eigenvalue weighted by Crippen LogP contribution is -2.47. The van der Waals surface area contributed by atoms with E-state index in [0.717, 1.165) is 17.4 Å². The van der Waals surface area contributed by atoms with Crippen LogP contribution in [0.2, 0.25) is 0 Å². The lowest BCUT2D eigenvalue weighted by Gasteiger charge is -2.31. The van der Waals surface area contributed by atoms with Crippen molar-refractivity contribution in [2.24, 2.45) is 4.99 Å². The van der Waals surface area contributed by atoms with Crippen LogP contribution in [0, 0.1) is 0 Å². The number of sulfonamides is 1. The third-order valence-electron chi connectivity index (χ3n) is 4.78. The number of esters is 1. The number of carbonyl (C=O) groups excluding carboxylic acids is 2. The third kappa shape index (κ3) is 4.68. The molecule has 29 heavy (non-hydrogen) atoms. The third-order valence-corrected chi connectivity index (χ3v) is 7.11. The van der Waals surface area contributed by atoms with Crippen molar-refractivity contribution in [2.75, 3.05) is 27.0 Å². The molecule has 11 heteroatoms. The fourth-order valence-electron chi connectivity index (χ4n) is 3.33. The van der Waals surface area contributed by atoms with Crippen LogP contribution in [0.25, 0.3) is 10.2 Å². The van der Waals surface area contributed by atoms with E-state index in [2.05, 4.69) is 4.99 Å². The first-order valence-electron chi connectivity index (χ1n) is 9.04. The zero-order valence-electron chi connectivity index (χ0n) is 16.5. The highest BCUT2D eigenvalue weighted by atomic mass is 32.2. The largest absolute Gasteiger partial charge is 0.497 e. The number of thiazole rings is 1. The first-order chi connectivity index (χ1) is 13.7. The molecule has 0 N–H and O–H groups in total. The number of hydrogen-bond acceptors (Lipinski definition) is 7. The van der Waals surface area contributed by atoms with Crippen LogP contribution in [-0.2, 0) is 30.9 Å². The average molecular weight is 442 g/mol. The van der Waals surface area contributed by atoms with E-state index in [9.17, 15) is 18.0 Å². The lowest BCUT2D eigenvalue weighted by molar-refractivity contribution is -0.141. The van der Waals surface area contributed by atoms with E-state index in [-0.39, 0.29) is 6.54 Å². The van der Waals surface area contributed by atoms with Crippen molar-refractivity contribution < 1.29 is 27.5 Å². The Morgan fingerprint density at radius 3 is 2.69 bits per heavy atom.